The summed E-state index contributed by atoms with van der Waals surface area (Å²) in [6.45, 7) is 0. The minimum absolute atomic E-state index is 0.219. The normalized spacial score (nSPS) is 12.4. The number of aliphatic hydroxyl groups is 1. The lowest BCUT2D eigenvalue weighted by Gasteiger charge is -2.14. The SMILES string of the molecule is Nc1ccc(F)c(C(O)c2c[nH]c3ncc(-c4ccccc4)cc23)c1F. The van der Waals surface area contributed by atoms with Crippen LogP contribution in [0.4, 0.5) is 14.5 Å². The molecule has 6 heteroatoms. The molecule has 1 unspecified atom stereocenters. The molecule has 0 aliphatic rings. The zero-order chi connectivity index (χ0) is 18.3. The molecule has 2 heterocycles. The van der Waals surface area contributed by atoms with Crippen LogP contribution in [0.5, 0.6) is 0 Å². The van der Waals surface area contributed by atoms with Gasteiger partial charge >= 0.3 is 0 Å². The summed E-state index contributed by atoms with van der Waals surface area (Å²) in [7, 11) is 0. The molecule has 0 saturated heterocycles. The van der Waals surface area contributed by atoms with E-state index in [2.05, 4.69) is 9.97 Å². The molecule has 0 aliphatic carbocycles. The van der Waals surface area contributed by atoms with E-state index in [1.807, 2.05) is 36.4 Å². The predicted octanol–water partition coefficient (Wildman–Crippen LogP) is 4.17. The van der Waals surface area contributed by atoms with Gasteiger partial charge in [0.15, 0.2) is 5.82 Å². The van der Waals surface area contributed by atoms with Crippen molar-refractivity contribution in [3.63, 3.8) is 0 Å². The first kappa shape index (κ1) is 16.2. The Morgan fingerprint density at radius 3 is 2.58 bits per heavy atom. The molecule has 0 aliphatic heterocycles. The Bertz CT molecular complexity index is 1090. The Balaban J connectivity index is 1.86. The van der Waals surface area contributed by atoms with E-state index in [0.717, 1.165) is 23.3 Å². The standard InChI is InChI=1S/C20H15F2N3O/c21-15-6-7-16(23)18(22)17(15)19(26)14-10-25-20-13(14)8-12(9-24-20)11-4-2-1-3-5-11/h1-10,19,26H,23H2,(H,24,25). The Morgan fingerprint density at radius 1 is 1.04 bits per heavy atom. The summed E-state index contributed by atoms with van der Waals surface area (Å²) in [5.74, 6) is -1.82. The van der Waals surface area contributed by atoms with Gasteiger partial charge in [-0.2, -0.15) is 0 Å². The molecule has 0 spiro atoms. The van der Waals surface area contributed by atoms with E-state index >= 15 is 0 Å². The van der Waals surface area contributed by atoms with Crippen molar-refractivity contribution in [1.29, 1.82) is 0 Å². The molecular formula is C20H15F2N3O. The van der Waals surface area contributed by atoms with E-state index in [0.29, 0.717) is 16.6 Å². The number of hydrogen-bond acceptors (Lipinski definition) is 3. The lowest BCUT2D eigenvalue weighted by molar-refractivity contribution is 0.211. The molecule has 0 fully saturated rings. The van der Waals surface area contributed by atoms with Gasteiger partial charge in [-0.15, -0.1) is 0 Å². The van der Waals surface area contributed by atoms with Crippen LogP contribution in [-0.2, 0) is 0 Å². The molecule has 2 aromatic heterocycles. The number of nitrogen functional groups attached to an aromatic ring is 1. The Labute approximate surface area is 147 Å². The lowest BCUT2D eigenvalue weighted by Crippen LogP contribution is -2.07. The van der Waals surface area contributed by atoms with Crippen molar-refractivity contribution >= 4 is 16.7 Å². The molecule has 4 rings (SSSR count). The maximum Gasteiger partial charge on any atom is 0.155 e. The molecule has 0 radical (unpaired) electrons. The first-order valence-electron chi connectivity index (χ1n) is 8.00. The van der Waals surface area contributed by atoms with Gasteiger partial charge in [0, 0.05) is 28.9 Å². The van der Waals surface area contributed by atoms with Crippen molar-refractivity contribution in [1.82, 2.24) is 9.97 Å². The summed E-state index contributed by atoms with van der Waals surface area (Å²) in [5, 5.41) is 11.2. The van der Waals surface area contributed by atoms with Crippen LogP contribution >= 0.6 is 0 Å². The van der Waals surface area contributed by atoms with Gasteiger partial charge in [0.1, 0.15) is 17.6 Å². The van der Waals surface area contributed by atoms with E-state index in [1.165, 1.54) is 6.20 Å². The van der Waals surface area contributed by atoms with Crippen molar-refractivity contribution in [2.75, 3.05) is 5.73 Å². The highest BCUT2D eigenvalue weighted by molar-refractivity contribution is 5.85. The lowest BCUT2D eigenvalue weighted by atomic mass is 9.98. The van der Waals surface area contributed by atoms with Crippen LogP contribution in [0.2, 0.25) is 0 Å². The van der Waals surface area contributed by atoms with Crippen LogP contribution in [0.3, 0.4) is 0 Å². The van der Waals surface area contributed by atoms with Crippen molar-refractivity contribution in [2.45, 2.75) is 6.10 Å². The van der Waals surface area contributed by atoms with Crippen LogP contribution in [0, 0.1) is 11.6 Å². The second-order valence-electron chi connectivity index (χ2n) is 6.00. The van der Waals surface area contributed by atoms with Crippen molar-refractivity contribution in [3.8, 4) is 11.1 Å². The number of halogens is 2. The van der Waals surface area contributed by atoms with E-state index in [-0.39, 0.29) is 5.69 Å². The first-order chi connectivity index (χ1) is 12.6. The van der Waals surface area contributed by atoms with Crippen LogP contribution in [-0.4, -0.2) is 15.1 Å². The van der Waals surface area contributed by atoms with Crippen molar-refractivity contribution in [2.24, 2.45) is 0 Å². The largest absolute Gasteiger partial charge is 0.396 e. The Hall–Kier alpha value is -3.25. The highest BCUT2D eigenvalue weighted by Crippen LogP contribution is 2.34. The van der Waals surface area contributed by atoms with Gasteiger partial charge in [-0.25, -0.2) is 13.8 Å². The first-order valence-corrected chi connectivity index (χ1v) is 8.00. The molecule has 1 atom stereocenters. The number of benzene rings is 2. The molecule has 0 bridgehead atoms. The van der Waals surface area contributed by atoms with Crippen LogP contribution in [0.25, 0.3) is 22.2 Å². The number of nitrogens with two attached hydrogens (primary N) is 1. The maximum atomic E-state index is 14.3. The smallest absolute Gasteiger partial charge is 0.155 e. The molecule has 4 nitrogen and oxygen atoms in total. The molecule has 0 saturated carbocycles. The zero-order valence-electron chi connectivity index (χ0n) is 13.6. The second kappa shape index (κ2) is 6.24. The van der Waals surface area contributed by atoms with Gasteiger partial charge in [-0.1, -0.05) is 30.3 Å². The van der Waals surface area contributed by atoms with Crippen molar-refractivity contribution in [3.05, 3.63) is 83.7 Å². The number of rotatable bonds is 3. The summed E-state index contributed by atoms with van der Waals surface area (Å²) in [5.41, 5.74) is 7.45. The fourth-order valence-corrected chi connectivity index (χ4v) is 3.03. The molecule has 0 amide bonds. The van der Waals surface area contributed by atoms with Crippen LogP contribution < -0.4 is 5.73 Å². The number of nitrogens with zero attached hydrogens (tertiary/aromatic N) is 1. The van der Waals surface area contributed by atoms with E-state index in [9.17, 15) is 13.9 Å². The van der Waals surface area contributed by atoms with E-state index < -0.39 is 23.3 Å². The van der Waals surface area contributed by atoms with Gasteiger partial charge in [-0.05, 0) is 23.8 Å². The number of hydrogen-bond donors (Lipinski definition) is 3. The number of pyridine rings is 1. The van der Waals surface area contributed by atoms with E-state index in [4.69, 9.17) is 5.73 Å². The van der Waals surface area contributed by atoms with E-state index in [1.54, 1.807) is 6.20 Å². The van der Waals surface area contributed by atoms with Crippen molar-refractivity contribution < 1.29 is 13.9 Å². The topological polar surface area (TPSA) is 74.9 Å². The minimum atomic E-state index is -1.51. The molecule has 4 N–H and O–H groups in total. The molecule has 4 aromatic rings. The van der Waals surface area contributed by atoms with Gasteiger partial charge in [-0.3, -0.25) is 0 Å². The van der Waals surface area contributed by atoms with Crippen LogP contribution in [0.1, 0.15) is 17.2 Å². The maximum absolute atomic E-state index is 14.3. The minimum Gasteiger partial charge on any atom is -0.396 e. The monoisotopic (exact) mass is 351 g/mol. The highest BCUT2D eigenvalue weighted by Gasteiger charge is 2.24. The Morgan fingerprint density at radius 2 is 1.81 bits per heavy atom. The number of fused-ring (bicyclic) bond motifs is 1. The molecular weight excluding hydrogens is 336 g/mol. The summed E-state index contributed by atoms with van der Waals surface area (Å²) in [6, 6.07) is 13.6. The molecule has 130 valence electrons. The third-order valence-corrected chi connectivity index (χ3v) is 4.39. The fraction of sp³-hybridized carbons (Fsp3) is 0.0500. The quantitative estimate of drug-likeness (QED) is 0.485. The zero-order valence-corrected chi connectivity index (χ0v) is 13.6. The average molecular weight is 351 g/mol. The number of aromatic amines is 1. The second-order valence-corrected chi connectivity index (χ2v) is 6.00. The number of nitrogens with one attached hydrogen (secondary N) is 1. The third kappa shape index (κ3) is 2.60. The number of H-pyrrole nitrogens is 1. The Kier molecular flexibility index (Phi) is 3.89. The third-order valence-electron chi connectivity index (χ3n) is 4.39. The highest BCUT2D eigenvalue weighted by atomic mass is 19.1. The number of anilines is 1. The molecule has 26 heavy (non-hydrogen) atoms. The number of aromatic nitrogens is 2. The van der Waals surface area contributed by atoms with Gasteiger partial charge in [0.05, 0.1) is 11.3 Å². The predicted molar refractivity (Wildman–Crippen MR) is 96.4 cm³/mol. The average Bonchev–Trinajstić information content (AvgIpc) is 3.09. The fourth-order valence-electron chi connectivity index (χ4n) is 3.03. The summed E-state index contributed by atoms with van der Waals surface area (Å²) >= 11 is 0. The van der Waals surface area contributed by atoms with Gasteiger partial charge < -0.3 is 15.8 Å². The molecule has 2 aromatic carbocycles. The summed E-state index contributed by atoms with van der Waals surface area (Å²) in [6.07, 6.45) is 1.69. The van der Waals surface area contributed by atoms with Gasteiger partial charge in [0.2, 0.25) is 0 Å². The summed E-state index contributed by atoms with van der Waals surface area (Å²) < 4.78 is 28.4. The summed E-state index contributed by atoms with van der Waals surface area (Å²) in [4.78, 5) is 7.26. The number of aliphatic hydroxyl groups excluding tert-OH is 1. The van der Waals surface area contributed by atoms with Crippen LogP contribution in [0.15, 0.2) is 60.9 Å². The van der Waals surface area contributed by atoms with Gasteiger partial charge in [0.25, 0.3) is 0 Å².